The highest BCUT2D eigenvalue weighted by atomic mass is 16.5. The van der Waals surface area contributed by atoms with Crippen molar-refractivity contribution in [1.82, 2.24) is 4.98 Å². The molecule has 1 aromatic heterocycles. The van der Waals surface area contributed by atoms with Crippen LogP contribution in [0.25, 0.3) is 0 Å². The molecule has 1 aromatic carbocycles. The molecular weight excluding hydrogens is 294 g/mol. The van der Waals surface area contributed by atoms with Crippen molar-refractivity contribution in [2.24, 2.45) is 0 Å². The first-order chi connectivity index (χ1) is 11.2. The molecule has 0 saturated carbocycles. The van der Waals surface area contributed by atoms with Crippen molar-refractivity contribution in [2.45, 2.75) is 12.8 Å². The van der Waals surface area contributed by atoms with Gasteiger partial charge in [-0.25, -0.2) is 4.98 Å². The number of ether oxygens (including phenoxy) is 1. The minimum absolute atomic E-state index is 0.117. The fourth-order valence-electron chi connectivity index (χ4n) is 2.43. The van der Waals surface area contributed by atoms with Crippen LogP contribution in [0.1, 0.15) is 12.8 Å². The van der Waals surface area contributed by atoms with Gasteiger partial charge < -0.3 is 15.0 Å². The van der Waals surface area contributed by atoms with Crippen LogP contribution < -0.4 is 15.0 Å². The molecule has 1 aliphatic heterocycles. The van der Waals surface area contributed by atoms with E-state index in [1.807, 2.05) is 12.1 Å². The van der Waals surface area contributed by atoms with E-state index in [9.17, 15) is 9.59 Å². The Kier molecular flexibility index (Phi) is 4.52. The second-order valence-corrected chi connectivity index (χ2v) is 5.20. The van der Waals surface area contributed by atoms with Crippen LogP contribution in [0.2, 0.25) is 0 Å². The van der Waals surface area contributed by atoms with Crippen LogP contribution in [0.4, 0.5) is 11.5 Å². The van der Waals surface area contributed by atoms with Crippen molar-refractivity contribution in [3.63, 3.8) is 0 Å². The number of benzene rings is 1. The summed E-state index contributed by atoms with van der Waals surface area (Å²) in [5, 5.41) is 2.65. The Morgan fingerprint density at radius 2 is 2.17 bits per heavy atom. The number of aromatic nitrogens is 1. The van der Waals surface area contributed by atoms with Gasteiger partial charge in [0.25, 0.3) is 5.91 Å². The van der Waals surface area contributed by atoms with Gasteiger partial charge in [0.05, 0.1) is 0 Å². The third-order valence-electron chi connectivity index (χ3n) is 3.51. The highest BCUT2D eigenvalue weighted by Crippen LogP contribution is 2.25. The Labute approximate surface area is 134 Å². The van der Waals surface area contributed by atoms with E-state index in [2.05, 4.69) is 10.3 Å². The van der Waals surface area contributed by atoms with Crippen LogP contribution in [0, 0.1) is 0 Å². The number of amides is 2. The van der Waals surface area contributed by atoms with Gasteiger partial charge in [0.15, 0.2) is 6.61 Å². The molecule has 0 aliphatic carbocycles. The molecule has 1 aliphatic rings. The Hall–Kier alpha value is -2.89. The van der Waals surface area contributed by atoms with Gasteiger partial charge in [-0.05, 0) is 30.7 Å². The summed E-state index contributed by atoms with van der Waals surface area (Å²) in [6, 6.07) is 12.5. The van der Waals surface area contributed by atoms with E-state index in [0.29, 0.717) is 18.0 Å². The standard InChI is InChI=1S/C17H17N3O3/c21-16(19-15-7-1-2-9-18-15)12-23-14-6-3-5-13(11-14)20-10-4-8-17(20)22/h1-3,5-7,9,11H,4,8,10,12H2,(H,18,19,21). The Bertz CT molecular complexity index is 703. The van der Waals surface area contributed by atoms with Gasteiger partial charge in [-0.1, -0.05) is 12.1 Å². The maximum atomic E-state index is 11.8. The van der Waals surface area contributed by atoms with Gasteiger partial charge in [0, 0.05) is 30.9 Å². The lowest BCUT2D eigenvalue weighted by atomic mass is 10.3. The van der Waals surface area contributed by atoms with E-state index in [0.717, 1.165) is 18.7 Å². The number of carbonyl (C=O) groups is 2. The number of hydrogen-bond donors (Lipinski definition) is 1. The zero-order chi connectivity index (χ0) is 16.1. The fraction of sp³-hybridized carbons (Fsp3) is 0.235. The molecule has 6 nitrogen and oxygen atoms in total. The summed E-state index contributed by atoms with van der Waals surface area (Å²) in [4.78, 5) is 29.4. The molecule has 0 radical (unpaired) electrons. The van der Waals surface area contributed by atoms with Crippen molar-refractivity contribution in [3.05, 3.63) is 48.7 Å². The number of nitrogens with one attached hydrogen (secondary N) is 1. The van der Waals surface area contributed by atoms with Gasteiger partial charge in [0.1, 0.15) is 11.6 Å². The van der Waals surface area contributed by atoms with E-state index in [1.165, 1.54) is 0 Å². The molecule has 0 unspecified atom stereocenters. The molecule has 0 bridgehead atoms. The molecule has 0 spiro atoms. The maximum absolute atomic E-state index is 11.8. The second kappa shape index (κ2) is 6.91. The molecule has 1 fully saturated rings. The summed E-state index contributed by atoms with van der Waals surface area (Å²) >= 11 is 0. The minimum atomic E-state index is -0.286. The predicted octanol–water partition coefficient (Wildman–Crippen LogP) is 2.23. The van der Waals surface area contributed by atoms with Gasteiger partial charge in [-0.2, -0.15) is 0 Å². The van der Waals surface area contributed by atoms with Crippen LogP contribution in [-0.2, 0) is 9.59 Å². The van der Waals surface area contributed by atoms with Crippen LogP contribution in [-0.4, -0.2) is 29.9 Å². The van der Waals surface area contributed by atoms with Crippen molar-refractivity contribution < 1.29 is 14.3 Å². The summed E-state index contributed by atoms with van der Waals surface area (Å²) in [5.74, 6) is 0.872. The number of hydrogen-bond acceptors (Lipinski definition) is 4. The molecule has 2 aromatic rings. The lowest BCUT2D eigenvalue weighted by molar-refractivity contribution is -0.118. The maximum Gasteiger partial charge on any atom is 0.263 e. The molecular formula is C17H17N3O3. The molecule has 2 heterocycles. The van der Waals surface area contributed by atoms with Crippen molar-refractivity contribution in [1.29, 1.82) is 0 Å². The van der Waals surface area contributed by atoms with E-state index in [-0.39, 0.29) is 18.4 Å². The topological polar surface area (TPSA) is 71.5 Å². The zero-order valence-electron chi connectivity index (χ0n) is 12.6. The first-order valence-corrected chi connectivity index (χ1v) is 7.46. The summed E-state index contributed by atoms with van der Waals surface area (Å²) in [5.41, 5.74) is 0.801. The third-order valence-corrected chi connectivity index (χ3v) is 3.51. The number of pyridine rings is 1. The molecule has 0 atom stereocenters. The number of anilines is 2. The number of rotatable bonds is 5. The number of nitrogens with zero attached hydrogens (tertiary/aromatic N) is 2. The van der Waals surface area contributed by atoms with Crippen LogP contribution in [0.3, 0.4) is 0 Å². The van der Waals surface area contributed by atoms with Crippen LogP contribution in [0.5, 0.6) is 5.75 Å². The quantitative estimate of drug-likeness (QED) is 0.919. The Balaban J connectivity index is 1.58. The average Bonchev–Trinajstić information content (AvgIpc) is 3.00. The Morgan fingerprint density at radius 3 is 2.91 bits per heavy atom. The molecule has 1 N–H and O–H groups in total. The molecule has 118 valence electrons. The average molecular weight is 311 g/mol. The van der Waals surface area contributed by atoms with Crippen molar-refractivity contribution in [3.8, 4) is 5.75 Å². The van der Waals surface area contributed by atoms with Crippen molar-refractivity contribution >= 4 is 23.3 Å². The summed E-state index contributed by atoms with van der Waals surface area (Å²) in [7, 11) is 0. The van der Waals surface area contributed by atoms with Gasteiger partial charge in [-0.3, -0.25) is 9.59 Å². The smallest absolute Gasteiger partial charge is 0.263 e. The molecule has 3 rings (SSSR count). The zero-order valence-corrected chi connectivity index (χ0v) is 12.6. The molecule has 23 heavy (non-hydrogen) atoms. The van der Waals surface area contributed by atoms with Gasteiger partial charge >= 0.3 is 0 Å². The molecule has 2 amide bonds. The predicted molar refractivity (Wildman–Crippen MR) is 86.4 cm³/mol. The highest BCUT2D eigenvalue weighted by Gasteiger charge is 2.21. The van der Waals surface area contributed by atoms with Crippen molar-refractivity contribution in [2.75, 3.05) is 23.4 Å². The van der Waals surface area contributed by atoms with Gasteiger partial charge in [0.2, 0.25) is 5.91 Å². The normalized spacial score (nSPS) is 13.9. The van der Waals surface area contributed by atoms with E-state index in [4.69, 9.17) is 4.74 Å². The van der Waals surface area contributed by atoms with Crippen LogP contribution >= 0.6 is 0 Å². The van der Waals surface area contributed by atoms with E-state index < -0.39 is 0 Å². The van der Waals surface area contributed by atoms with Crippen LogP contribution in [0.15, 0.2) is 48.7 Å². The monoisotopic (exact) mass is 311 g/mol. The lowest BCUT2D eigenvalue weighted by Crippen LogP contribution is -2.24. The first kappa shape index (κ1) is 15.0. The Morgan fingerprint density at radius 1 is 1.26 bits per heavy atom. The molecule has 6 heteroatoms. The summed E-state index contributed by atoms with van der Waals surface area (Å²) in [6.07, 6.45) is 3.06. The number of carbonyl (C=O) groups excluding carboxylic acids is 2. The lowest BCUT2D eigenvalue weighted by Gasteiger charge is -2.16. The minimum Gasteiger partial charge on any atom is -0.484 e. The SMILES string of the molecule is O=C(COc1cccc(N2CCCC2=O)c1)Nc1ccccn1. The summed E-state index contributed by atoms with van der Waals surface area (Å²) in [6.45, 7) is 0.608. The summed E-state index contributed by atoms with van der Waals surface area (Å²) < 4.78 is 5.50. The second-order valence-electron chi connectivity index (χ2n) is 5.20. The third kappa shape index (κ3) is 3.85. The largest absolute Gasteiger partial charge is 0.484 e. The first-order valence-electron chi connectivity index (χ1n) is 7.46. The fourth-order valence-corrected chi connectivity index (χ4v) is 2.43. The van der Waals surface area contributed by atoms with Gasteiger partial charge in [-0.15, -0.1) is 0 Å². The molecule has 1 saturated heterocycles. The van der Waals surface area contributed by atoms with E-state index in [1.54, 1.807) is 41.4 Å². The highest BCUT2D eigenvalue weighted by molar-refractivity contribution is 5.95. The van der Waals surface area contributed by atoms with E-state index >= 15 is 0 Å².